The van der Waals surface area contributed by atoms with E-state index in [1.807, 2.05) is 20.8 Å². The average molecular weight is 193 g/mol. The normalized spacial score (nSPS) is 10.3. The Balaban J connectivity index is 3.08. The number of aldehydes is 1. The lowest BCUT2D eigenvalue weighted by Gasteiger charge is -2.13. The van der Waals surface area contributed by atoms with E-state index >= 15 is 0 Å². The lowest BCUT2D eigenvalue weighted by atomic mass is 10.1. The maximum Gasteiger partial charge on any atom is 0.153 e. The summed E-state index contributed by atoms with van der Waals surface area (Å²) in [5, 5.41) is 12.6. The third kappa shape index (κ3) is 2.25. The van der Waals surface area contributed by atoms with Gasteiger partial charge in [0.05, 0.1) is 5.56 Å². The van der Waals surface area contributed by atoms with E-state index in [9.17, 15) is 9.90 Å². The van der Waals surface area contributed by atoms with E-state index in [1.54, 1.807) is 12.1 Å². The van der Waals surface area contributed by atoms with E-state index in [4.69, 9.17) is 0 Å². The van der Waals surface area contributed by atoms with Gasteiger partial charge in [-0.15, -0.1) is 0 Å². The largest absolute Gasteiger partial charge is 0.507 e. The molecule has 0 unspecified atom stereocenters. The number of aryl methyl sites for hydroxylation is 1. The zero-order valence-corrected chi connectivity index (χ0v) is 8.66. The van der Waals surface area contributed by atoms with E-state index in [0.717, 1.165) is 11.3 Å². The summed E-state index contributed by atoms with van der Waals surface area (Å²) < 4.78 is 0. The van der Waals surface area contributed by atoms with Gasteiger partial charge in [0, 0.05) is 17.8 Å². The van der Waals surface area contributed by atoms with Crippen LogP contribution in [0.2, 0.25) is 0 Å². The molecule has 0 saturated heterocycles. The van der Waals surface area contributed by atoms with Crippen molar-refractivity contribution in [3.63, 3.8) is 0 Å². The predicted molar refractivity (Wildman–Crippen MR) is 57.0 cm³/mol. The molecule has 14 heavy (non-hydrogen) atoms. The molecule has 0 atom stereocenters. The molecule has 3 nitrogen and oxygen atoms in total. The van der Waals surface area contributed by atoms with Crippen LogP contribution in [-0.4, -0.2) is 17.4 Å². The Labute approximate surface area is 83.8 Å². The molecule has 1 aromatic carbocycles. The topological polar surface area (TPSA) is 49.3 Å². The summed E-state index contributed by atoms with van der Waals surface area (Å²) in [6, 6.07) is 3.56. The standard InChI is InChI=1S/C11H15NO2/c1-7(2)12-10-5-11(14)9(6-13)4-8(10)3/h4-7,12,14H,1-3H3. The second-order valence-electron chi connectivity index (χ2n) is 3.64. The molecule has 3 heteroatoms. The van der Waals surface area contributed by atoms with Crippen molar-refractivity contribution < 1.29 is 9.90 Å². The van der Waals surface area contributed by atoms with Gasteiger partial charge in [0.25, 0.3) is 0 Å². The minimum absolute atomic E-state index is 0.0220. The molecule has 0 radical (unpaired) electrons. The maximum absolute atomic E-state index is 10.5. The van der Waals surface area contributed by atoms with Crippen molar-refractivity contribution in [2.24, 2.45) is 0 Å². The van der Waals surface area contributed by atoms with Gasteiger partial charge in [0.1, 0.15) is 5.75 Å². The number of hydrogen-bond donors (Lipinski definition) is 2. The second-order valence-corrected chi connectivity index (χ2v) is 3.64. The highest BCUT2D eigenvalue weighted by molar-refractivity contribution is 5.81. The average Bonchev–Trinajstić information content (AvgIpc) is 2.10. The third-order valence-corrected chi connectivity index (χ3v) is 1.94. The Morgan fingerprint density at radius 3 is 2.57 bits per heavy atom. The first kappa shape index (κ1) is 10.6. The van der Waals surface area contributed by atoms with Crippen LogP contribution in [0.15, 0.2) is 12.1 Å². The molecule has 0 heterocycles. The number of aromatic hydroxyl groups is 1. The number of carbonyl (C=O) groups excluding carboxylic acids is 1. The van der Waals surface area contributed by atoms with Crippen molar-refractivity contribution in [1.82, 2.24) is 0 Å². The highest BCUT2D eigenvalue weighted by Gasteiger charge is 2.06. The van der Waals surface area contributed by atoms with Crippen LogP contribution in [-0.2, 0) is 0 Å². The van der Waals surface area contributed by atoms with Crippen LogP contribution < -0.4 is 5.32 Å². The van der Waals surface area contributed by atoms with Crippen molar-refractivity contribution in [2.75, 3.05) is 5.32 Å². The van der Waals surface area contributed by atoms with E-state index in [-0.39, 0.29) is 5.75 Å². The van der Waals surface area contributed by atoms with Crippen LogP contribution in [0.1, 0.15) is 29.8 Å². The van der Waals surface area contributed by atoms with Crippen molar-refractivity contribution in [3.8, 4) is 5.75 Å². The lowest BCUT2D eigenvalue weighted by molar-refractivity contribution is 0.112. The quantitative estimate of drug-likeness (QED) is 0.724. The molecule has 2 N–H and O–H groups in total. The molecule has 1 aromatic rings. The van der Waals surface area contributed by atoms with Gasteiger partial charge in [-0.2, -0.15) is 0 Å². The number of phenolic OH excluding ortho intramolecular Hbond substituents is 1. The van der Waals surface area contributed by atoms with Gasteiger partial charge in [0.15, 0.2) is 6.29 Å². The zero-order chi connectivity index (χ0) is 10.7. The summed E-state index contributed by atoms with van der Waals surface area (Å²) in [6.45, 7) is 5.94. The van der Waals surface area contributed by atoms with Crippen LogP contribution in [0.5, 0.6) is 5.75 Å². The smallest absolute Gasteiger partial charge is 0.153 e. The Morgan fingerprint density at radius 1 is 1.43 bits per heavy atom. The van der Waals surface area contributed by atoms with Crippen molar-refractivity contribution in [1.29, 1.82) is 0 Å². The van der Waals surface area contributed by atoms with Crippen LogP contribution in [0.25, 0.3) is 0 Å². The molecule has 0 aromatic heterocycles. The van der Waals surface area contributed by atoms with Gasteiger partial charge in [0.2, 0.25) is 0 Å². The molecule has 1 rings (SSSR count). The minimum atomic E-state index is 0.0220. The molecule has 0 aliphatic carbocycles. The van der Waals surface area contributed by atoms with E-state index in [2.05, 4.69) is 5.32 Å². The number of phenols is 1. The fourth-order valence-electron chi connectivity index (χ4n) is 1.28. The minimum Gasteiger partial charge on any atom is -0.507 e. The summed E-state index contributed by atoms with van der Waals surface area (Å²) in [5.74, 6) is 0.0220. The number of rotatable bonds is 3. The molecule has 0 aliphatic heterocycles. The predicted octanol–water partition coefficient (Wildman–Crippen LogP) is 2.33. The fourth-order valence-corrected chi connectivity index (χ4v) is 1.28. The highest BCUT2D eigenvalue weighted by atomic mass is 16.3. The monoisotopic (exact) mass is 193 g/mol. The number of carbonyl (C=O) groups is 1. The summed E-state index contributed by atoms with van der Waals surface area (Å²) in [4.78, 5) is 10.5. The van der Waals surface area contributed by atoms with Gasteiger partial charge in [-0.1, -0.05) is 0 Å². The number of hydrogen-bond acceptors (Lipinski definition) is 3. The molecule has 0 fully saturated rings. The van der Waals surface area contributed by atoms with E-state index < -0.39 is 0 Å². The number of benzene rings is 1. The fraction of sp³-hybridized carbons (Fsp3) is 0.364. The zero-order valence-electron chi connectivity index (χ0n) is 8.66. The van der Waals surface area contributed by atoms with Gasteiger partial charge in [-0.25, -0.2) is 0 Å². The van der Waals surface area contributed by atoms with Crippen LogP contribution in [0, 0.1) is 6.92 Å². The molecule has 76 valence electrons. The van der Waals surface area contributed by atoms with Crippen molar-refractivity contribution >= 4 is 12.0 Å². The SMILES string of the molecule is Cc1cc(C=O)c(O)cc1NC(C)C. The molecule has 0 aliphatic rings. The van der Waals surface area contributed by atoms with Crippen LogP contribution in [0.3, 0.4) is 0 Å². The second kappa shape index (κ2) is 4.13. The third-order valence-electron chi connectivity index (χ3n) is 1.94. The van der Waals surface area contributed by atoms with Gasteiger partial charge < -0.3 is 10.4 Å². The number of anilines is 1. The molecular weight excluding hydrogens is 178 g/mol. The van der Waals surface area contributed by atoms with Gasteiger partial charge in [-0.3, -0.25) is 4.79 Å². The summed E-state index contributed by atoms with van der Waals surface area (Å²) >= 11 is 0. The first-order valence-electron chi connectivity index (χ1n) is 4.60. The summed E-state index contributed by atoms with van der Waals surface area (Å²) in [6.07, 6.45) is 0.654. The molecule has 0 spiro atoms. The van der Waals surface area contributed by atoms with Gasteiger partial charge >= 0.3 is 0 Å². The lowest BCUT2D eigenvalue weighted by Crippen LogP contribution is -2.10. The summed E-state index contributed by atoms with van der Waals surface area (Å²) in [7, 11) is 0. The van der Waals surface area contributed by atoms with Crippen LogP contribution >= 0.6 is 0 Å². The highest BCUT2D eigenvalue weighted by Crippen LogP contribution is 2.25. The number of nitrogens with one attached hydrogen (secondary N) is 1. The first-order valence-corrected chi connectivity index (χ1v) is 4.60. The maximum atomic E-state index is 10.5. The molecule has 0 bridgehead atoms. The van der Waals surface area contributed by atoms with Crippen molar-refractivity contribution in [3.05, 3.63) is 23.3 Å². The molecule has 0 saturated carbocycles. The Kier molecular flexibility index (Phi) is 3.12. The Hall–Kier alpha value is -1.51. The Bertz CT molecular complexity index is 345. The van der Waals surface area contributed by atoms with E-state index in [1.165, 1.54) is 0 Å². The van der Waals surface area contributed by atoms with Crippen LogP contribution in [0.4, 0.5) is 5.69 Å². The molecule has 0 amide bonds. The Morgan fingerprint density at radius 2 is 2.07 bits per heavy atom. The molecular formula is C11H15NO2. The summed E-state index contributed by atoms with van der Waals surface area (Å²) in [5.41, 5.74) is 2.15. The first-order chi connectivity index (χ1) is 6.54. The van der Waals surface area contributed by atoms with Crippen molar-refractivity contribution in [2.45, 2.75) is 26.8 Å². The van der Waals surface area contributed by atoms with E-state index in [0.29, 0.717) is 17.9 Å². The van der Waals surface area contributed by atoms with Gasteiger partial charge in [-0.05, 0) is 32.4 Å².